The Balaban J connectivity index is 0.00000196. The molecule has 3 aliphatic rings. The van der Waals surface area contributed by atoms with Crippen molar-refractivity contribution in [3.63, 3.8) is 0 Å². The van der Waals surface area contributed by atoms with Gasteiger partial charge in [0, 0.05) is 44.4 Å². The van der Waals surface area contributed by atoms with E-state index in [9.17, 15) is 9.18 Å². The van der Waals surface area contributed by atoms with Crippen LogP contribution < -0.4 is 20.9 Å². The third kappa shape index (κ3) is 4.11. The summed E-state index contributed by atoms with van der Waals surface area (Å²) in [5, 5.41) is 3.38. The topological polar surface area (TPSA) is 65.6 Å². The first-order valence-corrected chi connectivity index (χ1v) is 9.13. The third-order valence-corrected chi connectivity index (χ3v) is 5.52. The highest BCUT2D eigenvalue weighted by molar-refractivity contribution is 5.85. The molecular weight excluding hydrogens is 359 g/mol. The number of nitrogens with one attached hydrogen (secondary N) is 3. The largest absolute Gasteiger partial charge is 0.490 e. The number of piperidine rings is 2. The van der Waals surface area contributed by atoms with Gasteiger partial charge in [-0.25, -0.2) is 9.82 Å². The molecule has 3 atom stereocenters. The Labute approximate surface area is 159 Å². The summed E-state index contributed by atoms with van der Waals surface area (Å²) in [6.45, 7) is 3.29. The molecule has 0 radical (unpaired) electrons. The highest BCUT2D eigenvalue weighted by Gasteiger charge is 2.43. The second kappa shape index (κ2) is 8.52. The molecule has 3 saturated heterocycles. The summed E-state index contributed by atoms with van der Waals surface area (Å²) in [5.74, 6) is 0.920. The summed E-state index contributed by atoms with van der Waals surface area (Å²) in [6, 6.07) is 6.35. The first-order chi connectivity index (χ1) is 12.2. The molecule has 1 aromatic carbocycles. The molecule has 8 heteroatoms. The van der Waals surface area contributed by atoms with Gasteiger partial charge in [0.05, 0.1) is 0 Å². The summed E-state index contributed by atoms with van der Waals surface area (Å²) in [7, 11) is 0. The SMILES string of the molecule is Cl.O=C(C1NNC2CCNCC21)N1CCC(Oc2ccc(F)cc2)CC1. The van der Waals surface area contributed by atoms with Crippen LogP contribution in [-0.2, 0) is 4.79 Å². The van der Waals surface area contributed by atoms with Crippen LogP contribution >= 0.6 is 12.4 Å². The molecular formula is C18H26ClFN4O2. The Morgan fingerprint density at radius 1 is 1.12 bits per heavy atom. The number of carbonyl (C=O) groups excluding carboxylic acids is 1. The molecule has 4 rings (SSSR count). The first-order valence-electron chi connectivity index (χ1n) is 9.13. The molecule has 3 aliphatic heterocycles. The minimum absolute atomic E-state index is 0. The van der Waals surface area contributed by atoms with Crippen LogP contribution in [0.2, 0.25) is 0 Å². The van der Waals surface area contributed by atoms with Crippen molar-refractivity contribution < 1.29 is 13.9 Å². The van der Waals surface area contributed by atoms with Gasteiger partial charge in [0.25, 0.3) is 0 Å². The van der Waals surface area contributed by atoms with Crippen molar-refractivity contribution in [3.05, 3.63) is 30.1 Å². The molecule has 0 spiro atoms. The number of amides is 1. The van der Waals surface area contributed by atoms with E-state index in [4.69, 9.17) is 4.74 Å². The van der Waals surface area contributed by atoms with Gasteiger partial charge >= 0.3 is 0 Å². The Kier molecular flexibility index (Phi) is 6.34. The number of ether oxygens (including phenoxy) is 1. The predicted octanol–water partition coefficient (Wildman–Crippen LogP) is 1.07. The molecule has 26 heavy (non-hydrogen) atoms. The Morgan fingerprint density at radius 3 is 2.58 bits per heavy atom. The van der Waals surface area contributed by atoms with E-state index in [2.05, 4.69) is 16.2 Å². The molecule has 3 N–H and O–H groups in total. The standard InChI is InChI=1S/C18H25FN4O2.ClH/c19-12-1-3-13(4-2-12)25-14-6-9-23(10-7-14)18(24)17-15-11-20-8-5-16(15)21-22-17;/h1-4,14-17,20-22H,5-11H2;1H. The molecule has 0 bridgehead atoms. The van der Waals surface area contributed by atoms with E-state index < -0.39 is 0 Å². The van der Waals surface area contributed by atoms with Gasteiger partial charge in [0.2, 0.25) is 5.91 Å². The fourth-order valence-corrected chi connectivity index (χ4v) is 4.06. The number of hydrogen-bond acceptors (Lipinski definition) is 5. The zero-order valence-electron chi connectivity index (χ0n) is 14.6. The molecule has 3 heterocycles. The van der Waals surface area contributed by atoms with E-state index in [1.54, 1.807) is 12.1 Å². The monoisotopic (exact) mass is 384 g/mol. The number of halogens is 2. The molecule has 3 unspecified atom stereocenters. The van der Waals surface area contributed by atoms with Crippen LogP contribution in [0, 0.1) is 11.7 Å². The second-order valence-electron chi connectivity index (χ2n) is 7.13. The normalized spacial score (nSPS) is 29.0. The lowest BCUT2D eigenvalue weighted by Gasteiger charge is -2.35. The zero-order chi connectivity index (χ0) is 17.2. The van der Waals surface area contributed by atoms with Gasteiger partial charge < -0.3 is 15.0 Å². The summed E-state index contributed by atoms with van der Waals surface area (Å²) < 4.78 is 18.9. The van der Waals surface area contributed by atoms with Crippen LogP contribution in [0.5, 0.6) is 5.75 Å². The summed E-state index contributed by atoms with van der Waals surface area (Å²) in [6.07, 6.45) is 2.73. The maximum absolute atomic E-state index is 13.0. The Morgan fingerprint density at radius 2 is 1.85 bits per heavy atom. The minimum Gasteiger partial charge on any atom is -0.490 e. The summed E-state index contributed by atoms with van der Waals surface area (Å²) >= 11 is 0. The molecule has 0 aliphatic carbocycles. The summed E-state index contributed by atoms with van der Waals surface area (Å²) in [4.78, 5) is 14.8. The van der Waals surface area contributed by atoms with Gasteiger partial charge in [-0.3, -0.25) is 10.2 Å². The van der Waals surface area contributed by atoms with Crippen molar-refractivity contribution >= 4 is 18.3 Å². The fourth-order valence-electron chi connectivity index (χ4n) is 4.06. The lowest BCUT2D eigenvalue weighted by atomic mass is 9.88. The molecule has 6 nitrogen and oxygen atoms in total. The molecule has 0 saturated carbocycles. The van der Waals surface area contributed by atoms with E-state index in [1.807, 2.05) is 4.90 Å². The van der Waals surface area contributed by atoms with Crippen LogP contribution in [0.15, 0.2) is 24.3 Å². The number of rotatable bonds is 3. The summed E-state index contributed by atoms with van der Waals surface area (Å²) in [5.41, 5.74) is 6.49. The first kappa shape index (κ1) is 19.4. The van der Waals surface area contributed by atoms with E-state index in [0.29, 0.717) is 30.8 Å². The molecule has 144 valence electrons. The van der Waals surface area contributed by atoms with Gasteiger partial charge in [0.1, 0.15) is 23.7 Å². The second-order valence-corrected chi connectivity index (χ2v) is 7.13. The van der Waals surface area contributed by atoms with Crippen molar-refractivity contribution in [1.29, 1.82) is 0 Å². The smallest absolute Gasteiger partial charge is 0.241 e. The van der Waals surface area contributed by atoms with Crippen LogP contribution in [-0.4, -0.2) is 55.2 Å². The highest BCUT2D eigenvalue weighted by atomic mass is 35.5. The van der Waals surface area contributed by atoms with Gasteiger partial charge in [-0.05, 0) is 37.2 Å². The van der Waals surface area contributed by atoms with Crippen molar-refractivity contribution in [2.24, 2.45) is 5.92 Å². The predicted molar refractivity (Wildman–Crippen MR) is 98.7 cm³/mol. The third-order valence-electron chi connectivity index (χ3n) is 5.52. The van der Waals surface area contributed by atoms with Gasteiger partial charge in [-0.2, -0.15) is 0 Å². The van der Waals surface area contributed by atoms with Gasteiger partial charge in [-0.1, -0.05) is 0 Å². The van der Waals surface area contributed by atoms with Crippen LogP contribution in [0.3, 0.4) is 0 Å². The van der Waals surface area contributed by atoms with E-state index in [-0.39, 0.29) is 36.3 Å². The average molecular weight is 385 g/mol. The highest BCUT2D eigenvalue weighted by Crippen LogP contribution is 2.24. The quantitative estimate of drug-likeness (QED) is 0.727. The maximum atomic E-state index is 13.0. The number of hydrazine groups is 1. The van der Waals surface area contributed by atoms with Crippen molar-refractivity contribution in [2.75, 3.05) is 26.2 Å². The lowest BCUT2D eigenvalue weighted by Crippen LogP contribution is -2.53. The molecule has 3 fully saturated rings. The van der Waals surface area contributed by atoms with Gasteiger partial charge in [0.15, 0.2) is 0 Å². The van der Waals surface area contributed by atoms with Crippen LogP contribution in [0.4, 0.5) is 4.39 Å². The lowest BCUT2D eigenvalue weighted by molar-refractivity contribution is -0.136. The average Bonchev–Trinajstić information content (AvgIpc) is 3.08. The van der Waals surface area contributed by atoms with Gasteiger partial charge in [-0.15, -0.1) is 12.4 Å². The Hall–Kier alpha value is -1.41. The van der Waals surface area contributed by atoms with Crippen molar-refractivity contribution in [3.8, 4) is 5.75 Å². The van der Waals surface area contributed by atoms with Crippen molar-refractivity contribution in [2.45, 2.75) is 37.5 Å². The number of likely N-dealkylation sites (tertiary alicyclic amines) is 1. The molecule has 0 aromatic heterocycles. The number of fused-ring (bicyclic) bond motifs is 1. The number of hydrogen-bond donors (Lipinski definition) is 3. The van der Waals surface area contributed by atoms with Crippen LogP contribution in [0.25, 0.3) is 0 Å². The number of benzene rings is 1. The zero-order valence-corrected chi connectivity index (χ0v) is 15.4. The fraction of sp³-hybridized carbons (Fsp3) is 0.611. The van der Waals surface area contributed by atoms with E-state index in [0.717, 1.165) is 32.4 Å². The van der Waals surface area contributed by atoms with Crippen molar-refractivity contribution in [1.82, 2.24) is 21.1 Å². The molecule has 1 amide bonds. The Bertz CT molecular complexity index is 610. The number of carbonyl (C=O) groups is 1. The number of nitrogens with zero attached hydrogens (tertiary/aromatic N) is 1. The van der Waals surface area contributed by atoms with E-state index >= 15 is 0 Å². The minimum atomic E-state index is -0.263. The maximum Gasteiger partial charge on any atom is 0.241 e. The molecule has 1 aromatic rings. The van der Waals surface area contributed by atoms with Crippen LogP contribution in [0.1, 0.15) is 19.3 Å². The van der Waals surface area contributed by atoms with E-state index in [1.165, 1.54) is 12.1 Å².